The number of carboxylic acids is 1. The SMILES string of the molecule is Cc1ccccc1.NCCCCNC(=O)CNC(=O)CCCC(=O)O. The second kappa shape index (κ2) is 15.1. The predicted octanol–water partition coefficient (Wildman–Crippen LogP) is 1.21. The highest BCUT2D eigenvalue weighted by atomic mass is 16.4. The maximum absolute atomic E-state index is 11.2. The summed E-state index contributed by atoms with van der Waals surface area (Å²) in [6, 6.07) is 10.3. The number of amides is 2. The van der Waals surface area contributed by atoms with Gasteiger partial charge in [0.05, 0.1) is 6.54 Å². The van der Waals surface area contributed by atoms with Crippen molar-refractivity contribution in [2.75, 3.05) is 19.6 Å². The summed E-state index contributed by atoms with van der Waals surface area (Å²) in [4.78, 5) is 32.7. The topological polar surface area (TPSA) is 122 Å². The largest absolute Gasteiger partial charge is 0.481 e. The third-order valence-electron chi connectivity index (χ3n) is 3.13. The summed E-state index contributed by atoms with van der Waals surface area (Å²) in [7, 11) is 0. The molecule has 0 aliphatic rings. The number of nitrogens with one attached hydrogen (secondary N) is 2. The second-order valence-electron chi connectivity index (χ2n) is 5.52. The minimum Gasteiger partial charge on any atom is -0.481 e. The van der Waals surface area contributed by atoms with Gasteiger partial charge in [0.25, 0.3) is 0 Å². The van der Waals surface area contributed by atoms with E-state index < -0.39 is 5.97 Å². The van der Waals surface area contributed by atoms with E-state index in [-0.39, 0.29) is 37.6 Å². The van der Waals surface area contributed by atoms with E-state index in [1.165, 1.54) is 5.56 Å². The number of benzene rings is 1. The molecule has 1 aromatic rings. The van der Waals surface area contributed by atoms with Gasteiger partial charge in [-0.1, -0.05) is 35.9 Å². The van der Waals surface area contributed by atoms with Crippen LogP contribution < -0.4 is 16.4 Å². The number of aryl methyl sites for hydroxylation is 1. The van der Waals surface area contributed by atoms with Gasteiger partial charge < -0.3 is 21.5 Å². The second-order valence-corrected chi connectivity index (χ2v) is 5.52. The van der Waals surface area contributed by atoms with Gasteiger partial charge in [-0.3, -0.25) is 14.4 Å². The third kappa shape index (κ3) is 16.2. The molecule has 7 nitrogen and oxygen atoms in total. The lowest BCUT2D eigenvalue weighted by Gasteiger charge is -2.06. The standard InChI is InChI=1S/C11H21N3O4.C7H8/c12-6-1-2-7-13-10(16)8-14-9(15)4-3-5-11(17)18;1-7-5-3-2-4-6-7/h1-8,12H2,(H,13,16)(H,14,15)(H,17,18);2-6H,1H3. The van der Waals surface area contributed by atoms with Crippen molar-refractivity contribution in [2.45, 2.75) is 39.0 Å². The molecule has 0 saturated carbocycles. The summed E-state index contributed by atoms with van der Waals surface area (Å²) in [5.74, 6) is -1.49. The van der Waals surface area contributed by atoms with E-state index in [0.29, 0.717) is 13.1 Å². The van der Waals surface area contributed by atoms with Crippen LogP contribution in [-0.4, -0.2) is 42.5 Å². The van der Waals surface area contributed by atoms with Crippen molar-refractivity contribution in [3.8, 4) is 0 Å². The van der Waals surface area contributed by atoms with Gasteiger partial charge in [-0.05, 0) is 32.7 Å². The van der Waals surface area contributed by atoms with E-state index in [0.717, 1.165) is 12.8 Å². The average molecular weight is 351 g/mol. The number of rotatable bonds is 10. The van der Waals surface area contributed by atoms with Crippen LogP contribution in [0.3, 0.4) is 0 Å². The number of hydrogen-bond acceptors (Lipinski definition) is 4. The quantitative estimate of drug-likeness (QED) is 0.472. The van der Waals surface area contributed by atoms with Gasteiger partial charge in [0, 0.05) is 19.4 Å². The first-order valence-electron chi connectivity index (χ1n) is 8.42. The summed E-state index contributed by atoms with van der Waals surface area (Å²) in [5, 5.41) is 13.5. The van der Waals surface area contributed by atoms with E-state index in [1.807, 2.05) is 18.2 Å². The van der Waals surface area contributed by atoms with Gasteiger partial charge >= 0.3 is 5.97 Å². The number of carbonyl (C=O) groups excluding carboxylic acids is 2. The molecule has 140 valence electrons. The molecule has 1 aromatic carbocycles. The molecular formula is C18H29N3O4. The molecular weight excluding hydrogens is 322 g/mol. The van der Waals surface area contributed by atoms with Crippen LogP contribution in [0.4, 0.5) is 0 Å². The minimum absolute atomic E-state index is 0.0430. The first-order valence-corrected chi connectivity index (χ1v) is 8.42. The Bertz CT molecular complexity index is 506. The summed E-state index contributed by atoms with van der Waals surface area (Å²) >= 11 is 0. The van der Waals surface area contributed by atoms with Crippen LogP contribution in [0.2, 0.25) is 0 Å². The molecule has 0 aromatic heterocycles. The molecule has 0 unspecified atom stereocenters. The molecule has 25 heavy (non-hydrogen) atoms. The Morgan fingerprint density at radius 3 is 2.16 bits per heavy atom. The molecule has 0 aliphatic carbocycles. The zero-order valence-electron chi connectivity index (χ0n) is 14.8. The van der Waals surface area contributed by atoms with E-state index in [2.05, 4.69) is 29.7 Å². The Kier molecular flexibility index (Phi) is 13.7. The van der Waals surface area contributed by atoms with E-state index in [4.69, 9.17) is 10.8 Å². The number of aliphatic carboxylic acids is 1. The molecule has 0 saturated heterocycles. The lowest BCUT2D eigenvalue weighted by molar-refractivity contribution is -0.137. The lowest BCUT2D eigenvalue weighted by atomic mass is 10.2. The van der Waals surface area contributed by atoms with Crippen molar-refractivity contribution >= 4 is 17.8 Å². The van der Waals surface area contributed by atoms with Gasteiger partial charge in [0.1, 0.15) is 0 Å². The van der Waals surface area contributed by atoms with Gasteiger partial charge in [0.15, 0.2) is 0 Å². The van der Waals surface area contributed by atoms with Crippen LogP contribution in [0.25, 0.3) is 0 Å². The Morgan fingerprint density at radius 2 is 1.64 bits per heavy atom. The molecule has 0 radical (unpaired) electrons. The average Bonchev–Trinajstić information content (AvgIpc) is 2.58. The lowest BCUT2D eigenvalue weighted by Crippen LogP contribution is -2.37. The van der Waals surface area contributed by atoms with E-state index in [1.54, 1.807) is 0 Å². The summed E-state index contributed by atoms with van der Waals surface area (Å²) < 4.78 is 0. The molecule has 0 atom stereocenters. The fourth-order valence-corrected chi connectivity index (χ4v) is 1.76. The van der Waals surface area contributed by atoms with Gasteiger partial charge in [-0.2, -0.15) is 0 Å². The first-order chi connectivity index (χ1) is 12.0. The van der Waals surface area contributed by atoms with E-state index in [9.17, 15) is 14.4 Å². The molecule has 0 heterocycles. The zero-order valence-corrected chi connectivity index (χ0v) is 14.8. The number of carboxylic acid groups (broad SMARTS) is 1. The number of hydrogen-bond donors (Lipinski definition) is 4. The fraction of sp³-hybridized carbons (Fsp3) is 0.500. The fourth-order valence-electron chi connectivity index (χ4n) is 1.76. The highest BCUT2D eigenvalue weighted by Crippen LogP contribution is 1.94. The molecule has 2 amide bonds. The van der Waals surface area contributed by atoms with Crippen LogP contribution in [0.15, 0.2) is 30.3 Å². The maximum Gasteiger partial charge on any atom is 0.303 e. The monoisotopic (exact) mass is 351 g/mol. The van der Waals surface area contributed by atoms with Gasteiger partial charge in [-0.25, -0.2) is 0 Å². The number of nitrogens with two attached hydrogens (primary N) is 1. The van der Waals surface area contributed by atoms with Gasteiger partial charge in [0.2, 0.25) is 11.8 Å². The minimum atomic E-state index is -0.930. The number of carbonyl (C=O) groups is 3. The van der Waals surface area contributed by atoms with Crippen molar-refractivity contribution in [2.24, 2.45) is 5.73 Å². The van der Waals surface area contributed by atoms with Crippen molar-refractivity contribution in [1.82, 2.24) is 10.6 Å². The normalized spacial score (nSPS) is 9.52. The van der Waals surface area contributed by atoms with Crippen LogP contribution in [0.5, 0.6) is 0 Å². The van der Waals surface area contributed by atoms with E-state index >= 15 is 0 Å². The smallest absolute Gasteiger partial charge is 0.303 e. The number of unbranched alkanes of at least 4 members (excludes halogenated alkanes) is 1. The summed E-state index contributed by atoms with van der Waals surface area (Å²) in [5.41, 5.74) is 6.62. The molecule has 5 N–H and O–H groups in total. The maximum atomic E-state index is 11.2. The molecule has 0 aliphatic heterocycles. The van der Waals surface area contributed by atoms with Crippen LogP contribution in [-0.2, 0) is 14.4 Å². The van der Waals surface area contributed by atoms with Crippen LogP contribution in [0, 0.1) is 6.92 Å². The molecule has 0 fully saturated rings. The molecule has 0 spiro atoms. The first kappa shape index (κ1) is 22.6. The zero-order chi connectivity index (χ0) is 18.9. The third-order valence-corrected chi connectivity index (χ3v) is 3.13. The van der Waals surface area contributed by atoms with Crippen molar-refractivity contribution in [3.63, 3.8) is 0 Å². The Labute approximate surface area is 149 Å². The van der Waals surface area contributed by atoms with Crippen molar-refractivity contribution in [1.29, 1.82) is 0 Å². The van der Waals surface area contributed by atoms with Crippen molar-refractivity contribution in [3.05, 3.63) is 35.9 Å². The van der Waals surface area contributed by atoms with Crippen LogP contribution in [0.1, 0.15) is 37.7 Å². The Morgan fingerprint density at radius 1 is 0.960 bits per heavy atom. The van der Waals surface area contributed by atoms with Crippen molar-refractivity contribution < 1.29 is 19.5 Å². The summed E-state index contributed by atoms with van der Waals surface area (Å²) in [6.07, 6.45) is 2.02. The Balaban J connectivity index is 0.000000676. The molecule has 0 bridgehead atoms. The van der Waals surface area contributed by atoms with Crippen LogP contribution >= 0.6 is 0 Å². The summed E-state index contributed by atoms with van der Waals surface area (Å²) in [6.45, 7) is 3.15. The van der Waals surface area contributed by atoms with Gasteiger partial charge in [-0.15, -0.1) is 0 Å². The predicted molar refractivity (Wildman–Crippen MR) is 97.0 cm³/mol. The molecule has 1 rings (SSSR count). The highest BCUT2D eigenvalue weighted by molar-refractivity contribution is 5.84. The molecule has 7 heteroatoms. The highest BCUT2D eigenvalue weighted by Gasteiger charge is 2.06. The Hall–Kier alpha value is -2.41.